The smallest absolute Gasteiger partial charge is 0.330 e. The summed E-state index contributed by atoms with van der Waals surface area (Å²) < 4.78 is 5.76. The third-order valence-corrected chi connectivity index (χ3v) is 8.48. The Labute approximate surface area is 199 Å². The van der Waals surface area contributed by atoms with Gasteiger partial charge < -0.3 is 14.9 Å². The maximum Gasteiger partial charge on any atom is 0.330 e. The Morgan fingerprint density at radius 3 is 2.55 bits per heavy atom. The van der Waals surface area contributed by atoms with E-state index in [2.05, 4.69) is 27.0 Å². The van der Waals surface area contributed by atoms with Crippen LogP contribution in [-0.4, -0.2) is 28.4 Å². The SMILES string of the molecule is C=CC(=C)CC[C@@H]1[C@@]2(C)CCCC(C)(COC(=O)C=Cc3ccc(O)cc3)[C@@H]2CC[C@@]1(C)O. The number of hydrogen-bond acceptors (Lipinski definition) is 4. The molecule has 1 unspecified atom stereocenters. The lowest BCUT2D eigenvalue weighted by atomic mass is 9.45. The van der Waals surface area contributed by atoms with Crippen LogP contribution in [0, 0.1) is 22.7 Å². The average molecular weight is 453 g/mol. The Balaban J connectivity index is 1.71. The van der Waals surface area contributed by atoms with Crippen LogP contribution < -0.4 is 0 Å². The van der Waals surface area contributed by atoms with Gasteiger partial charge in [-0.2, -0.15) is 0 Å². The summed E-state index contributed by atoms with van der Waals surface area (Å²) in [6, 6.07) is 6.69. The Bertz CT molecular complexity index is 897. The van der Waals surface area contributed by atoms with Crippen LogP contribution in [0.4, 0.5) is 0 Å². The molecule has 1 aromatic carbocycles. The molecule has 0 spiro atoms. The molecular formula is C29H40O4. The number of phenolic OH excluding ortho intramolecular Hbond substituents is 1. The number of esters is 1. The molecule has 1 aromatic rings. The number of aliphatic hydroxyl groups is 1. The molecule has 2 aliphatic rings. The van der Waals surface area contributed by atoms with Crippen LogP contribution in [0.1, 0.15) is 71.3 Å². The molecule has 5 atom stereocenters. The minimum Gasteiger partial charge on any atom is -0.508 e. The van der Waals surface area contributed by atoms with Crippen molar-refractivity contribution in [1.82, 2.24) is 0 Å². The van der Waals surface area contributed by atoms with Crippen LogP contribution in [0.5, 0.6) is 5.75 Å². The number of phenols is 1. The van der Waals surface area contributed by atoms with Gasteiger partial charge in [0.05, 0.1) is 12.2 Å². The standard InChI is InChI=1S/C29H40O4/c1-6-21(2)8-14-25-28(4)18-7-17-27(3,24(28)16-19-29(25,5)32)20-33-26(31)15-11-22-9-12-23(30)13-10-22/h6,9-13,15,24-25,30,32H,1-2,7-8,14,16-20H2,3-5H3/t24-,25+,27?,28-,29+/m0/s1. The summed E-state index contributed by atoms with van der Waals surface area (Å²) in [5.41, 5.74) is 1.03. The molecule has 0 heterocycles. The summed E-state index contributed by atoms with van der Waals surface area (Å²) >= 11 is 0. The first-order valence-electron chi connectivity index (χ1n) is 12.2. The van der Waals surface area contributed by atoms with E-state index in [-0.39, 0.29) is 28.5 Å². The van der Waals surface area contributed by atoms with Gasteiger partial charge in [0.15, 0.2) is 0 Å². The van der Waals surface area contributed by atoms with Crippen molar-refractivity contribution in [2.45, 2.75) is 71.3 Å². The van der Waals surface area contributed by atoms with Crippen LogP contribution in [0.15, 0.2) is 55.1 Å². The Morgan fingerprint density at radius 2 is 1.88 bits per heavy atom. The molecule has 4 nitrogen and oxygen atoms in total. The second-order valence-electron chi connectivity index (χ2n) is 10.9. The fourth-order valence-electron chi connectivity index (χ4n) is 6.71. The summed E-state index contributed by atoms with van der Waals surface area (Å²) in [4.78, 5) is 12.5. The maximum atomic E-state index is 12.5. The van der Waals surface area contributed by atoms with Crippen molar-refractivity contribution in [2.24, 2.45) is 22.7 Å². The molecule has 0 aliphatic heterocycles. The summed E-state index contributed by atoms with van der Waals surface area (Å²) in [6.07, 6.45) is 11.6. The van der Waals surface area contributed by atoms with E-state index in [1.165, 1.54) is 6.08 Å². The molecule has 0 radical (unpaired) electrons. The number of carbonyl (C=O) groups excluding carboxylic acids is 1. The predicted octanol–water partition coefficient (Wildman–Crippen LogP) is 6.44. The lowest BCUT2D eigenvalue weighted by molar-refractivity contribution is -0.185. The highest BCUT2D eigenvalue weighted by atomic mass is 16.5. The largest absolute Gasteiger partial charge is 0.508 e. The molecule has 2 aliphatic carbocycles. The lowest BCUT2D eigenvalue weighted by Gasteiger charge is -2.61. The first-order valence-corrected chi connectivity index (χ1v) is 12.2. The third-order valence-electron chi connectivity index (χ3n) is 8.48. The number of fused-ring (bicyclic) bond motifs is 1. The van der Waals surface area contributed by atoms with E-state index >= 15 is 0 Å². The van der Waals surface area contributed by atoms with Gasteiger partial charge in [0.1, 0.15) is 5.75 Å². The zero-order valence-electron chi connectivity index (χ0n) is 20.5. The second-order valence-corrected chi connectivity index (χ2v) is 10.9. The average Bonchev–Trinajstić information content (AvgIpc) is 2.76. The number of aromatic hydroxyl groups is 1. The number of benzene rings is 1. The normalized spacial score (nSPS) is 33.9. The fourth-order valence-corrected chi connectivity index (χ4v) is 6.71. The van der Waals surface area contributed by atoms with Gasteiger partial charge in [-0.25, -0.2) is 4.79 Å². The van der Waals surface area contributed by atoms with Crippen LogP contribution in [0.2, 0.25) is 0 Å². The van der Waals surface area contributed by atoms with Crippen molar-refractivity contribution in [1.29, 1.82) is 0 Å². The summed E-state index contributed by atoms with van der Waals surface area (Å²) in [6.45, 7) is 14.9. The Kier molecular flexibility index (Phi) is 7.58. The van der Waals surface area contributed by atoms with E-state index in [0.29, 0.717) is 12.5 Å². The van der Waals surface area contributed by atoms with Gasteiger partial charge in [-0.1, -0.05) is 57.2 Å². The monoisotopic (exact) mass is 452 g/mol. The summed E-state index contributed by atoms with van der Waals surface area (Å²) in [5.74, 6) is 0.403. The van der Waals surface area contributed by atoms with Crippen molar-refractivity contribution >= 4 is 12.0 Å². The van der Waals surface area contributed by atoms with Crippen molar-refractivity contribution in [3.8, 4) is 5.75 Å². The molecule has 0 aromatic heterocycles. The number of carbonyl (C=O) groups is 1. The minimum atomic E-state index is -0.700. The first-order chi connectivity index (χ1) is 15.5. The van der Waals surface area contributed by atoms with E-state index in [1.807, 2.05) is 13.0 Å². The first kappa shape index (κ1) is 25.3. The van der Waals surface area contributed by atoms with E-state index in [4.69, 9.17) is 4.74 Å². The van der Waals surface area contributed by atoms with Gasteiger partial charge in [0.2, 0.25) is 0 Å². The molecule has 180 valence electrons. The third kappa shape index (κ3) is 5.60. The molecule has 2 N–H and O–H groups in total. The molecule has 0 bridgehead atoms. The second kappa shape index (κ2) is 9.89. The predicted molar refractivity (Wildman–Crippen MR) is 134 cm³/mol. The molecule has 2 fully saturated rings. The molecule has 3 rings (SSSR count). The number of allylic oxidation sites excluding steroid dienone is 2. The van der Waals surface area contributed by atoms with Gasteiger partial charge >= 0.3 is 5.97 Å². The van der Waals surface area contributed by atoms with Crippen LogP contribution in [0.25, 0.3) is 6.08 Å². The highest BCUT2D eigenvalue weighted by Crippen LogP contribution is 2.63. The number of hydrogen-bond donors (Lipinski definition) is 2. The summed E-state index contributed by atoms with van der Waals surface area (Å²) in [5, 5.41) is 20.7. The Hall–Kier alpha value is -2.33. The molecule has 2 saturated carbocycles. The Morgan fingerprint density at radius 1 is 1.18 bits per heavy atom. The van der Waals surface area contributed by atoms with E-state index in [9.17, 15) is 15.0 Å². The zero-order chi connectivity index (χ0) is 24.3. The van der Waals surface area contributed by atoms with Crippen molar-refractivity contribution in [3.05, 3.63) is 60.7 Å². The fraction of sp³-hybridized carbons (Fsp3) is 0.552. The van der Waals surface area contributed by atoms with E-state index < -0.39 is 5.60 Å². The number of rotatable bonds is 8. The highest BCUT2D eigenvalue weighted by molar-refractivity contribution is 5.87. The van der Waals surface area contributed by atoms with Crippen molar-refractivity contribution in [3.63, 3.8) is 0 Å². The lowest BCUT2D eigenvalue weighted by Crippen LogP contribution is -2.59. The van der Waals surface area contributed by atoms with Crippen LogP contribution >= 0.6 is 0 Å². The van der Waals surface area contributed by atoms with E-state index in [1.54, 1.807) is 30.3 Å². The van der Waals surface area contributed by atoms with Crippen molar-refractivity contribution in [2.75, 3.05) is 6.61 Å². The minimum absolute atomic E-state index is 0.00944. The number of ether oxygens (including phenoxy) is 1. The molecule has 0 amide bonds. The molecule has 33 heavy (non-hydrogen) atoms. The quantitative estimate of drug-likeness (QED) is 0.270. The van der Waals surface area contributed by atoms with E-state index in [0.717, 1.165) is 56.1 Å². The molecule has 0 saturated heterocycles. The molecular weight excluding hydrogens is 412 g/mol. The maximum absolute atomic E-state index is 12.5. The highest BCUT2D eigenvalue weighted by Gasteiger charge is 2.59. The van der Waals surface area contributed by atoms with Gasteiger partial charge in [-0.05, 0) is 86.5 Å². The van der Waals surface area contributed by atoms with Crippen molar-refractivity contribution < 1.29 is 19.7 Å². The van der Waals surface area contributed by atoms with Crippen LogP contribution in [0.3, 0.4) is 0 Å². The van der Waals surface area contributed by atoms with Gasteiger partial charge in [0, 0.05) is 11.5 Å². The topological polar surface area (TPSA) is 66.8 Å². The zero-order valence-corrected chi connectivity index (χ0v) is 20.5. The van der Waals surface area contributed by atoms with Gasteiger partial charge in [-0.15, -0.1) is 0 Å². The summed E-state index contributed by atoms with van der Waals surface area (Å²) in [7, 11) is 0. The molecule has 4 heteroatoms. The van der Waals surface area contributed by atoms with Crippen LogP contribution in [-0.2, 0) is 9.53 Å². The van der Waals surface area contributed by atoms with Gasteiger partial charge in [0.25, 0.3) is 0 Å². The van der Waals surface area contributed by atoms with Gasteiger partial charge in [-0.3, -0.25) is 0 Å².